The summed E-state index contributed by atoms with van der Waals surface area (Å²) in [7, 11) is -3.89. The van der Waals surface area contributed by atoms with Crippen molar-refractivity contribution in [2.45, 2.75) is 15.7 Å². The van der Waals surface area contributed by atoms with Crippen molar-refractivity contribution in [1.82, 2.24) is 0 Å². The summed E-state index contributed by atoms with van der Waals surface area (Å²) in [5.41, 5.74) is 3.96. The van der Waals surface area contributed by atoms with Crippen LogP contribution in [0, 0.1) is 11.8 Å². The van der Waals surface area contributed by atoms with E-state index in [9.17, 15) is 18.0 Å². The minimum atomic E-state index is -3.89. The maximum Gasteiger partial charge on any atom is 0.240 e. The summed E-state index contributed by atoms with van der Waals surface area (Å²) in [6, 6.07) is 20.9. The Morgan fingerprint density at radius 3 is 1.88 bits per heavy atom. The molecular weight excluding hydrogens is 448 g/mol. The molecule has 160 valence electrons. The summed E-state index contributed by atoms with van der Waals surface area (Å²) < 4.78 is 23.2. The third-order valence-corrected chi connectivity index (χ3v) is 8.51. The summed E-state index contributed by atoms with van der Waals surface area (Å²) in [5, 5.41) is 5.18. The SMILES string of the molecule is NS(=O)(=O)c1ccc(N2C(=O)[C@@H]3C4c5ccccc5C(Cl)(c5ccccc54)[C@H]3C2=O)cc1. The zero-order valence-electron chi connectivity index (χ0n) is 16.6. The molecule has 0 spiro atoms. The number of alkyl halides is 1. The van der Waals surface area contributed by atoms with Gasteiger partial charge in [-0.2, -0.15) is 0 Å². The Bertz CT molecular complexity index is 1390. The molecule has 1 aliphatic heterocycles. The fourth-order valence-electron chi connectivity index (χ4n) is 5.72. The lowest BCUT2D eigenvalue weighted by molar-refractivity contribution is -0.122. The molecule has 3 aromatic rings. The van der Waals surface area contributed by atoms with Crippen LogP contribution in [0.15, 0.2) is 77.7 Å². The van der Waals surface area contributed by atoms with Crippen molar-refractivity contribution in [3.8, 4) is 0 Å². The number of amides is 2. The molecule has 2 amide bonds. The zero-order chi connectivity index (χ0) is 22.4. The van der Waals surface area contributed by atoms with Gasteiger partial charge in [0.25, 0.3) is 0 Å². The van der Waals surface area contributed by atoms with Crippen molar-refractivity contribution >= 4 is 39.1 Å². The van der Waals surface area contributed by atoms with E-state index in [0.717, 1.165) is 27.2 Å². The normalized spacial score (nSPS) is 27.8. The molecule has 2 N–H and O–H groups in total. The number of halogens is 1. The van der Waals surface area contributed by atoms with Gasteiger partial charge in [0, 0.05) is 5.92 Å². The number of carbonyl (C=O) groups excluding carboxylic acids is 2. The predicted octanol–water partition coefficient (Wildman–Crippen LogP) is 3.08. The van der Waals surface area contributed by atoms with Crippen molar-refractivity contribution in [1.29, 1.82) is 0 Å². The fourth-order valence-corrected chi connectivity index (χ4v) is 6.81. The van der Waals surface area contributed by atoms with E-state index in [2.05, 4.69) is 0 Å². The van der Waals surface area contributed by atoms with Crippen LogP contribution in [0.4, 0.5) is 5.69 Å². The van der Waals surface area contributed by atoms with Gasteiger partial charge in [-0.1, -0.05) is 48.5 Å². The number of anilines is 1. The second kappa shape index (κ2) is 6.28. The van der Waals surface area contributed by atoms with Gasteiger partial charge in [0.05, 0.1) is 22.4 Å². The molecule has 4 aliphatic rings. The summed E-state index contributed by atoms with van der Waals surface area (Å²) in [4.78, 5) is 27.3. The molecule has 3 aliphatic carbocycles. The molecule has 0 saturated carbocycles. The Hall–Kier alpha value is -3.00. The van der Waals surface area contributed by atoms with E-state index < -0.39 is 26.7 Å². The number of nitrogens with zero attached hydrogens (tertiary/aromatic N) is 1. The molecular formula is C24H17ClN2O4S. The van der Waals surface area contributed by atoms with E-state index in [1.54, 1.807) is 0 Å². The number of imide groups is 1. The number of carbonyl (C=O) groups is 2. The Kier molecular flexibility index (Phi) is 3.86. The number of rotatable bonds is 2. The Balaban J connectivity index is 1.54. The van der Waals surface area contributed by atoms with E-state index >= 15 is 0 Å². The maximum atomic E-state index is 13.7. The van der Waals surface area contributed by atoms with Crippen molar-refractivity contribution in [2.24, 2.45) is 17.0 Å². The minimum absolute atomic E-state index is 0.0912. The van der Waals surface area contributed by atoms with Crippen LogP contribution in [0.1, 0.15) is 28.2 Å². The lowest BCUT2D eigenvalue weighted by Crippen LogP contribution is -2.50. The van der Waals surface area contributed by atoms with E-state index in [-0.39, 0.29) is 22.6 Å². The molecule has 0 aromatic heterocycles. The lowest BCUT2D eigenvalue weighted by Gasteiger charge is -2.50. The lowest BCUT2D eigenvalue weighted by atomic mass is 9.54. The molecule has 6 nitrogen and oxygen atoms in total. The molecule has 0 unspecified atom stereocenters. The highest BCUT2D eigenvalue weighted by Crippen LogP contribution is 2.65. The molecule has 7 rings (SSSR count). The van der Waals surface area contributed by atoms with Gasteiger partial charge in [-0.3, -0.25) is 9.59 Å². The molecule has 1 fully saturated rings. The van der Waals surface area contributed by atoms with Crippen LogP contribution in [0.2, 0.25) is 0 Å². The van der Waals surface area contributed by atoms with Crippen LogP contribution in [-0.2, 0) is 24.5 Å². The third kappa shape index (κ3) is 2.30. The van der Waals surface area contributed by atoms with Crippen LogP contribution < -0.4 is 10.0 Å². The molecule has 0 radical (unpaired) electrons. The largest absolute Gasteiger partial charge is 0.274 e. The second-order valence-electron chi connectivity index (χ2n) is 8.42. The number of hydrogen-bond donors (Lipinski definition) is 1. The van der Waals surface area contributed by atoms with Crippen molar-refractivity contribution < 1.29 is 18.0 Å². The van der Waals surface area contributed by atoms with Crippen LogP contribution in [0.3, 0.4) is 0 Å². The van der Waals surface area contributed by atoms with Crippen LogP contribution in [0.25, 0.3) is 0 Å². The van der Waals surface area contributed by atoms with E-state index in [1.807, 2.05) is 48.5 Å². The third-order valence-electron chi connectivity index (χ3n) is 6.94. The van der Waals surface area contributed by atoms with Crippen LogP contribution in [0.5, 0.6) is 0 Å². The second-order valence-corrected chi connectivity index (χ2v) is 10.6. The highest BCUT2D eigenvalue weighted by Gasteiger charge is 2.67. The quantitative estimate of drug-likeness (QED) is 0.465. The molecule has 3 aromatic carbocycles. The Labute approximate surface area is 189 Å². The predicted molar refractivity (Wildman–Crippen MR) is 119 cm³/mol. The van der Waals surface area contributed by atoms with Gasteiger partial charge < -0.3 is 0 Å². The molecule has 2 atom stereocenters. The van der Waals surface area contributed by atoms with Crippen molar-refractivity contribution in [3.63, 3.8) is 0 Å². The summed E-state index contributed by atoms with van der Waals surface area (Å²) in [5.74, 6) is -2.39. The van der Waals surface area contributed by atoms with Gasteiger partial charge >= 0.3 is 0 Å². The standard InChI is InChI=1S/C24H17ClN2O4S/c25-24-17-7-3-1-5-15(17)19(16-6-2-4-8-18(16)24)20-21(24)23(29)27(22(20)28)13-9-11-14(12-10-13)32(26,30)31/h1-12,19-21H,(H2,26,30,31)/t19?,20-,21-,24?/m1/s1. The summed E-state index contributed by atoms with van der Waals surface area (Å²) in [6.45, 7) is 0. The Morgan fingerprint density at radius 2 is 1.34 bits per heavy atom. The highest BCUT2D eigenvalue weighted by molar-refractivity contribution is 7.89. The van der Waals surface area contributed by atoms with Crippen molar-refractivity contribution in [2.75, 3.05) is 4.90 Å². The van der Waals surface area contributed by atoms with E-state index in [1.165, 1.54) is 24.3 Å². The van der Waals surface area contributed by atoms with Gasteiger partial charge in [-0.25, -0.2) is 18.5 Å². The summed E-state index contributed by atoms with van der Waals surface area (Å²) in [6.07, 6.45) is 0. The van der Waals surface area contributed by atoms with E-state index in [4.69, 9.17) is 16.7 Å². The number of nitrogens with two attached hydrogens (primary N) is 1. The average molecular weight is 465 g/mol. The van der Waals surface area contributed by atoms with Gasteiger partial charge in [0.2, 0.25) is 21.8 Å². The monoisotopic (exact) mass is 464 g/mol. The molecule has 2 bridgehead atoms. The van der Waals surface area contributed by atoms with Crippen LogP contribution >= 0.6 is 11.6 Å². The zero-order valence-corrected chi connectivity index (χ0v) is 18.2. The number of sulfonamides is 1. The van der Waals surface area contributed by atoms with Crippen LogP contribution in [-0.4, -0.2) is 20.2 Å². The highest BCUT2D eigenvalue weighted by atomic mass is 35.5. The summed E-state index contributed by atoms with van der Waals surface area (Å²) >= 11 is 7.36. The fraction of sp³-hybridized carbons (Fsp3) is 0.167. The first-order valence-corrected chi connectivity index (χ1v) is 12.1. The number of benzene rings is 3. The molecule has 8 heteroatoms. The Morgan fingerprint density at radius 1 is 0.812 bits per heavy atom. The van der Waals surface area contributed by atoms with Gasteiger partial charge in [0.1, 0.15) is 4.87 Å². The van der Waals surface area contributed by atoms with Crippen molar-refractivity contribution in [3.05, 3.63) is 95.1 Å². The van der Waals surface area contributed by atoms with E-state index in [0.29, 0.717) is 5.69 Å². The first-order chi connectivity index (χ1) is 15.2. The number of primary sulfonamides is 1. The smallest absolute Gasteiger partial charge is 0.240 e. The number of hydrogen-bond acceptors (Lipinski definition) is 4. The van der Waals surface area contributed by atoms with Gasteiger partial charge in [0.15, 0.2) is 0 Å². The topological polar surface area (TPSA) is 97.5 Å². The maximum absolute atomic E-state index is 13.7. The first kappa shape index (κ1) is 19.7. The molecule has 1 heterocycles. The molecule has 1 saturated heterocycles. The molecule has 32 heavy (non-hydrogen) atoms. The first-order valence-electron chi connectivity index (χ1n) is 10.1. The minimum Gasteiger partial charge on any atom is -0.274 e. The van der Waals surface area contributed by atoms with Gasteiger partial charge in [-0.05, 0) is 46.5 Å². The van der Waals surface area contributed by atoms with Gasteiger partial charge in [-0.15, -0.1) is 11.6 Å². The average Bonchev–Trinajstić information content (AvgIpc) is 3.05.